The second kappa shape index (κ2) is 5.40. The summed E-state index contributed by atoms with van der Waals surface area (Å²) < 4.78 is 38.5. The van der Waals surface area contributed by atoms with Crippen molar-refractivity contribution in [2.24, 2.45) is 0 Å². The minimum atomic E-state index is -4.34. The van der Waals surface area contributed by atoms with Crippen LogP contribution in [0.3, 0.4) is 0 Å². The summed E-state index contributed by atoms with van der Waals surface area (Å²) in [4.78, 5) is 2.12. The molecule has 2 heterocycles. The quantitative estimate of drug-likeness (QED) is 0.895. The molecular formula is C14H15F3N4. The lowest BCUT2D eigenvalue weighted by atomic mass is 10.1. The molecule has 0 aliphatic carbocycles. The number of halogens is 3. The Labute approximate surface area is 120 Å². The van der Waals surface area contributed by atoms with E-state index in [1.807, 2.05) is 0 Å². The SMILES string of the molecule is FC(F)(F)c1cccc(-c2[nH]ncc2N2CCNCC2)c1. The number of hydrogen-bond donors (Lipinski definition) is 2. The molecule has 0 atom stereocenters. The molecule has 0 spiro atoms. The molecule has 0 unspecified atom stereocenters. The zero-order chi connectivity index (χ0) is 14.9. The van der Waals surface area contributed by atoms with Gasteiger partial charge in [0.25, 0.3) is 0 Å². The molecule has 7 heteroatoms. The van der Waals surface area contributed by atoms with Crippen LogP contribution in [0.1, 0.15) is 5.56 Å². The molecule has 2 N–H and O–H groups in total. The standard InChI is InChI=1S/C14H15F3N4/c15-14(16,17)11-3-1-2-10(8-11)13-12(9-19-20-13)21-6-4-18-5-7-21/h1-3,8-9,18H,4-7H2,(H,19,20). The highest BCUT2D eigenvalue weighted by molar-refractivity contribution is 5.75. The van der Waals surface area contributed by atoms with E-state index in [1.165, 1.54) is 6.07 Å². The average molecular weight is 296 g/mol. The topological polar surface area (TPSA) is 44.0 Å². The van der Waals surface area contributed by atoms with Gasteiger partial charge in [-0.25, -0.2) is 0 Å². The third kappa shape index (κ3) is 2.87. The van der Waals surface area contributed by atoms with E-state index < -0.39 is 11.7 Å². The molecule has 1 aromatic carbocycles. The Morgan fingerprint density at radius 1 is 1.14 bits per heavy atom. The van der Waals surface area contributed by atoms with Crippen molar-refractivity contribution in [3.05, 3.63) is 36.0 Å². The highest BCUT2D eigenvalue weighted by Gasteiger charge is 2.30. The number of piperazine rings is 1. The van der Waals surface area contributed by atoms with Crippen molar-refractivity contribution in [3.8, 4) is 11.3 Å². The summed E-state index contributed by atoms with van der Waals surface area (Å²) in [6, 6.07) is 5.30. The molecule has 0 radical (unpaired) electrons. The summed E-state index contributed by atoms with van der Waals surface area (Å²) in [7, 11) is 0. The Hall–Kier alpha value is -2.02. The fraction of sp³-hybridized carbons (Fsp3) is 0.357. The maximum atomic E-state index is 12.8. The lowest BCUT2D eigenvalue weighted by Crippen LogP contribution is -2.43. The molecule has 1 fully saturated rings. The molecule has 1 saturated heterocycles. The molecule has 0 bridgehead atoms. The van der Waals surface area contributed by atoms with Crippen LogP contribution in [0.25, 0.3) is 11.3 Å². The van der Waals surface area contributed by atoms with Crippen molar-refractivity contribution in [3.63, 3.8) is 0 Å². The average Bonchev–Trinajstić information content (AvgIpc) is 2.97. The number of nitrogens with one attached hydrogen (secondary N) is 2. The fourth-order valence-electron chi connectivity index (χ4n) is 2.49. The number of rotatable bonds is 2. The zero-order valence-electron chi connectivity index (χ0n) is 11.2. The summed E-state index contributed by atoms with van der Waals surface area (Å²) in [5.41, 5.74) is 1.32. The van der Waals surface area contributed by atoms with Crippen molar-refractivity contribution >= 4 is 5.69 Å². The van der Waals surface area contributed by atoms with E-state index in [-0.39, 0.29) is 0 Å². The van der Waals surface area contributed by atoms with Gasteiger partial charge in [0.05, 0.1) is 23.1 Å². The van der Waals surface area contributed by atoms with Crippen LogP contribution in [0.15, 0.2) is 30.5 Å². The highest BCUT2D eigenvalue weighted by atomic mass is 19.4. The molecule has 1 aliphatic rings. The summed E-state index contributed by atoms with van der Waals surface area (Å²) in [5, 5.41) is 10.1. The van der Waals surface area contributed by atoms with Crippen molar-refractivity contribution in [2.45, 2.75) is 6.18 Å². The van der Waals surface area contributed by atoms with Gasteiger partial charge in [-0.05, 0) is 12.1 Å². The molecule has 0 amide bonds. The summed E-state index contributed by atoms with van der Waals surface area (Å²) in [5.74, 6) is 0. The Morgan fingerprint density at radius 2 is 1.90 bits per heavy atom. The van der Waals surface area contributed by atoms with Crippen molar-refractivity contribution < 1.29 is 13.2 Å². The third-order valence-electron chi connectivity index (χ3n) is 3.56. The van der Waals surface area contributed by atoms with E-state index in [2.05, 4.69) is 20.4 Å². The minimum absolute atomic E-state index is 0.496. The summed E-state index contributed by atoms with van der Waals surface area (Å²) in [6.45, 7) is 3.33. The van der Waals surface area contributed by atoms with Gasteiger partial charge in [0.1, 0.15) is 0 Å². The largest absolute Gasteiger partial charge is 0.416 e. The highest BCUT2D eigenvalue weighted by Crippen LogP contribution is 2.34. The van der Waals surface area contributed by atoms with Gasteiger partial charge in [-0.2, -0.15) is 18.3 Å². The van der Waals surface area contributed by atoms with Crippen LogP contribution in [0.2, 0.25) is 0 Å². The van der Waals surface area contributed by atoms with E-state index in [1.54, 1.807) is 12.3 Å². The second-order valence-electron chi connectivity index (χ2n) is 4.95. The van der Waals surface area contributed by atoms with Crippen LogP contribution in [0.5, 0.6) is 0 Å². The van der Waals surface area contributed by atoms with Crippen molar-refractivity contribution in [1.29, 1.82) is 0 Å². The number of hydrogen-bond acceptors (Lipinski definition) is 3. The van der Waals surface area contributed by atoms with Gasteiger partial charge in [0, 0.05) is 31.7 Å². The monoisotopic (exact) mass is 296 g/mol. The van der Waals surface area contributed by atoms with Gasteiger partial charge in [0.15, 0.2) is 0 Å². The van der Waals surface area contributed by atoms with Gasteiger partial charge < -0.3 is 10.2 Å². The molecule has 0 saturated carbocycles. The summed E-state index contributed by atoms with van der Waals surface area (Å²) >= 11 is 0. The number of alkyl halides is 3. The van der Waals surface area contributed by atoms with Gasteiger partial charge in [-0.1, -0.05) is 12.1 Å². The smallest absolute Gasteiger partial charge is 0.366 e. The Morgan fingerprint density at radius 3 is 2.62 bits per heavy atom. The lowest BCUT2D eigenvalue weighted by Gasteiger charge is -2.29. The minimum Gasteiger partial charge on any atom is -0.366 e. The van der Waals surface area contributed by atoms with E-state index >= 15 is 0 Å². The van der Waals surface area contributed by atoms with Crippen LogP contribution < -0.4 is 10.2 Å². The van der Waals surface area contributed by atoms with Crippen LogP contribution >= 0.6 is 0 Å². The maximum Gasteiger partial charge on any atom is 0.416 e. The van der Waals surface area contributed by atoms with Crippen LogP contribution in [-0.4, -0.2) is 36.4 Å². The first-order valence-corrected chi connectivity index (χ1v) is 6.72. The molecule has 1 aliphatic heterocycles. The molecule has 2 aromatic rings. The molecule has 4 nitrogen and oxygen atoms in total. The fourth-order valence-corrected chi connectivity index (χ4v) is 2.49. The molecule has 112 valence electrons. The Balaban J connectivity index is 1.96. The number of anilines is 1. The van der Waals surface area contributed by atoms with Gasteiger partial charge in [-0.15, -0.1) is 0 Å². The number of nitrogens with zero attached hydrogens (tertiary/aromatic N) is 2. The maximum absolute atomic E-state index is 12.8. The van der Waals surface area contributed by atoms with Crippen molar-refractivity contribution in [1.82, 2.24) is 15.5 Å². The number of benzene rings is 1. The lowest BCUT2D eigenvalue weighted by molar-refractivity contribution is -0.137. The van der Waals surface area contributed by atoms with E-state index in [0.29, 0.717) is 11.3 Å². The van der Waals surface area contributed by atoms with E-state index in [4.69, 9.17) is 0 Å². The summed E-state index contributed by atoms with van der Waals surface area (Å²) in [6.07, 6.45) is -2.67. The second-order valence-corrected chi connectivity index (χ2v) is 4.95. The Bertz CT molecular complexity index is 615. The number of H-pyrrole nitrogens is 1. The predicted octanol–water partition coefficient (Wildman–Crippen LogP) is 2.51. The van der Waals surface area contributed by atoms with Crippen LogP contribution in [0.4, 0.5) is 18.9 Å². The molecule has 1 aromatic heterocycles. The number of aromatic amines is 1. The van der Waals surface area contributed by atoms with Crippen LogP contribution in [-0.2, 0) is 6.18 Å². The van der Waals surface area contributed by atoms with Gasteiger partial charge >= 0.3 is 6.18 Å². The first kappa shape index (κ1) is 13.9. The number of aromatic nitrogens is 2. The molecule has 3 rings (SSSR count). The van der Waals surface area contributed by atoms with Crippen molar-refractivity contribution in [2.75, 3.05) is 31.1 Å². The molecular weight excluding hydrogens is 281 g/mol. The van der Waals surface area contributed by atoms with E-state index in [0.717, 1.165) is 44.0 Å². The molecule has 21 heavy (non-hydrogen) atoms. The van der Waals surface area contributed by atoms with Gasteiger partial charge in [0.2, 0.25) is 0 Å². The Kier molecular flexibility index (Phi) is 3.59. The first-order valence-electron chi connectivity index (χ1n) is 6.72. The normalized spacial score (nSPS) is 16.2. The zero-order valence-corrected chi connectivity index (χ0v) is 11.2. The van der Waals surface area contributed by atoms with E-state index in [9.17, 15) is 13.2 Å². The van der Waals surface area contributed by atoms with Gasteiger partial charge in [-0.3, -0.25) is 5.10 Å². The third-order valence-corrected chi connectivity index (χ3v) is 3.56. The van der Waals surface area contributed by atoms with Crippen LogP contribution in [0, 0.1) is 0 Å². The first-order chi connectivity index (χ1) is 10.1. The predicted molar refractivity (Wildman–Crippen MR) is 74.1 cm³/mol.